The van der Waals surface area contributed by atoms with Crippen molar-refractivity contribution in [3.63, 3.8) is 0 Å². The molecule has 1 aliphatic heterocycles. The van der Waals surface area contributed by atoms with Crippen LogP contribution in [0.25, 0.3) is 10.8 Å². The zero-order valence-corrected chi connectivity index (χ0v) is 22.6. The standard InChI is InChI=1S/C22H27S.C4HF9O3S/c1-2-12-23(11-1)21-10-9-18-14-20(8-7-19(18)15-21)22-13-16-3-5-17(22)6-4-16;5-1(6,3(9,10)11)2(7,8)4(12,13)17(14,15)16/h7-10,14-17,22H,1-6,11-13H2;(H,14,15,16)/q+1;/p-1. The number of benzene rings is 2. The predicted octanol–water partition coefficient (Wildman–Crippen LogP) is 7.86. The SMILES string of the molecule is O=S(=O)([O-])C(F)(F)C(F)(F)C(F)(F)C(F)(F)F.c1cc2cc([S+]3CCCC3)ccc2cc1C1CC2CCC1CC2. The average molecular weight is 623 g/mol. The van der Waals surface area contributed by atoms with Crippen molar-refractivity contribution in [2.75, 3.05) is 11.5 Å². The molecule has 2 aromatic rings. The second-order valence-corrected chi connectivity index (χ2v) is 14.3. The van der Waals surface area contributed by atoms with Gasteiger partial charge in [-0.05, 0) is 78.3 Å². The highest BCUT2D eigenvalue weighted by atomic mass is 32.2. The maximum atomic E-state index is 12.2. The van der Waals surface area contributed by atoms with Gasteiger partial charge in [-0.2, -0.15) is 39.5 Å². The van der Waals surface area contributed by atoms with E-state index < -0.39 is 33.4 Å². The van der Waals surface area contributed by atoms with Gasteiger partial charge in [-0.1, -0.05) is 31.0 Å². The Morgan fingerprint density at radius 3 is 1.80 bits per heavy atom. The van der Waals surface area contributed by atoms with Crippen molar-refractivity contribution in [2.45, 2.75) is 79.0 Å². The van der Waals surface area contributed by atoms with Crippen molar-refractivity contribution in [3.05, 3.63) is 42.0 Å². The summed E-state index contributed by atoms with van der Waals surface area (Å²) in [4.78, 5) is 1.61. The molecule has 2 bridgehead atoms. The van der Waals surface area contributed by atoms with Gasteiger partial charge in [0.05, 0.1) is 0 Å². The van der Waals surface area contributed by atoms with E-state index in [9.17, 15) is 52.5 Å². The van der Waals surface area contributed by atoms with Gasteiger partial charge in [0.25, 0.3) is 0 Å². The van der Waals surface area contributed by atoms with Gasteiger partial charge >= 0.3 is 23.3 Å². The van der Waals surface area contributed by atoms with Crippen LogP contribution < -0.4 is 0 Å². The first-order valence-corrected chi connectivity index (χ1v) is 15.7. The smallest absolute Gasteiger partial charge is 0.460 e. The van der Waals surface area contributed by atoms with E-state index in [4.69, 9.17) is 0 Å². The molecule has 0 amide bonds. The first-order valence-electron chi connectivity index (χ1n) is 12.7. The van der Waals surface area contributed by atoms with Gasteiger partial charge in [0.1, 0.15) is 11.5 Å². The molecule has 3 aliphatic carbocycles. The number of rotatable bonds is 5. The molecule has 40 heavy (non-hydrogen) atoms. The van der Waals surface area contributed by atoms with Gasteiger partial charge in [-0.3, -0.25) is 0 Å². The fraction of sp³-hybridized carbons (Fsp3) is 0.615. The minimum Gasteiger partial charge on any atom is -0.743 e. The Bertz CT molecular complexity index is 1310. The molecule has 3 nitrogen and oxygen atoms in total. The van der Waals surface area contributed by atoms with E-state index in [0.717, 1.165) is 17.8 Å². The van der Waals surface area contributed by atoms with Crippen LogP contribution in [0.3, 0.4) is 0 Å². The van der Waals surface area contributed by atoms with Crippen molar-refractivity contribution in [3.8, 4) is 0 Å². The number of alkyl halides is 9. The average Bonchev–Trinajstić information content (AvgIpc) is 3.43. The van der Waals surface area contributed by atoms with Crippen LogP contribution in [0.2, 0.25) is 0 Å². The molecule has 0 aromatic heterocycles. The molecule has 6 rings (SSSR count). The topological polar surface area (TPSA) is 57.2 Å². The molecule has 4 aliphatic rings. The minimum absolute atomic E-state index is 0.542. The lowest BCUT2D eigenvalue weighted by molar-refractivity contribution is -0.382. The van der Waals surface area contributed by atoms with Crippen molar-refractivity contribution >= 4 is 31.8 Å². The van der Waals surface area contributed by atoms with Gasteiger partial charge in [-0.25, -0.2) is 8.42 Å². The van der Waals surface area contributed by atoms with Crippen LogP contribution in [0, 0.1) is 11.8 Å². The summed E-state index contributed by atoms with van der Waals surface area (Å²) < 4.78 is 135. The van der Waals surface area contributed by atoms with Gasteiger partial charge < -0.3 is 4.55 Å². The lowest BCUT2D eigenvalue weighted by Gasteiger charge is -2.42. The van der Waals surface area contributed by atoms with Crippen molar-refractivity contribution in [1.29, 1.82) is 0 Å². The highest BCUT2D eigenvalue weighted by Gasteiger charge is 2.83. The largest absolute Gasteiger partial charge is 0.743 e. The molecule has 3 saturated carbocycles. The highest BCUT2D eigenvalue weighted by molar-refractivity contribution is 7.97. The van der Waals surface area contributed by atoms with Gasteiger partial charge in [0.15, 0.2) is 15.0 Å². The maximum absolute atomic E-state index is 12.2. The quantitative estimate of drug-likeness (QED) is 0.194. The number of halogens is 9. The van der Waals surface area contributed by atoms with E-state index in [0.29, 0.717) is 10.9 Å². The molecule has 1 saturated heterocycles. The Hall–Kier alpha value is -1.67. The first kappa shape index (κ1) is 31.3. The maximum Gasteiger partial charge on any atom is 0.460 e. The van der Waals surface area contributed by atoms with E-state index in [-0.39, 0.29) is 0 Å². The van der Waals surface area contributed by atoms with Crippen LogP contribution in [0.5, 0.6) is 0 Å². The van der Waals surface area contributed by atoms with Gasteiger partial charge in [0.2, 0.25) is 0 Å². The molecular weight excluding hydrogens is 595 g/mol. The normalized spacial score (nSPS) is 24.7. The van der Waals surface area contributed by atoms with Crippen molar-refractivity contribution < 1.29 is 52.5 Å². The predicted molar refractivity (Wildman–Crippen MR) is 132 cm³/mol. The number of fused-ring (bicyclic) bond motifs is 4. The highest BCUT2D eigenvalue weighted by Crippen LogP contribution is 2.54. The Kier molecular flexibility index (Phi) is 8.50. The van der Waals surface area contributed by atoms with Crippen LogP contribution in [-0.4, -0.2) is 47.8 Å². The van der Waals surface area contributed by atoms with Crippen LogP contribution in [0.15, 0.2) is 41.3 Å². The molecule has 0 N–H and O–H groups in total. The second kappa shape index (κ2) is 10.9. The molecule has 1 atom stereocenters. The summed E-state index contributed by atoms with van der Waals surface area (Å²) in [7, 11) is -6.87. The van der Waals surface area contributed by atoms with Crippen molar-refractivity contribution in [1.82, 2.24) is 0 Å². The second-order valence-electron chi connectivity index (χ2n) is 10.6. The third kappa shape index (κ3) is 5.68. The van der Waals surface area contributed by atoms with Crippen molar-refractivity contribution in [2.24, 2.45) is 11.8 Å². The monoisotopic (exact) mass is 622 g/mol. The third-order valence-electron chi connectivity index (χ3n) is 8.11. The Balaban J connectivity index is 0.000000196. The molecule has 14 heteroatoms. The fourth-order valence-corrected chi connectivity index (χ4v) is 8.62. The lowest BCUT2D eigenvalue weighted by Crippen LogP contribution is -2.63. The van der Waals surface area contributed by atoms with Crippen LogP contribution in [-0.2, 0) is 21.0 Å². The Morgan fingerprint density at radius 2 is 1.30 bits per heavy atom. The van der Waals surface area contributed by atoms with Gasteiger partial charge in [0, 0.05) is 17.0 Å². The summed E-state index contributed by atoms with van der Waals surface area (Å²) in [5.74, 6) is -9.13. The molecule has 224 valence electrons. The Morgan fingerprint density at radius 1 is 0.750 bits per heavy atom. The molecular formula is C26H27F9O3S2. The first-order chi connectivity index (χ1) is 18.4. The summed E-state index contributed by atoms with van der Waals surface area (Å²) in [6.45, 7) is 0. The van der Waals surface area contributed by atoms with E-state index in [1.165, 1.54) is 67.2 Å². The lowest BCUT2D eigenvalue weighted by atomic mass is 9.63. The van der Waals surface area contributed by atoms with E-state index in [1.54, 1.807) is 10.5 Å². The molecule has 0 spiro atoms. The minimum atomic E-state index is -7.43. The number of hydrogen-bond donors (Lipinski definition) is 0. The van der Waals surface area contributed by atoms with Crippen LogP contribution in [0.1, 0.15) is 56.4 Å². The van der Waals surface area contributed by atoms with Gasteiger partial charge in [-0.15, -0.1) is 0 Å². The molecule has 4 fully saturated rings. The molecule has 2 aromatic carbocycles. The third-order valence-corrected chi connectivity index (χ3v) is 11.5. The van der Waals surface area contributed by atoms with E-state index >= 15 is 0 Å². The molecule has 1 unspecified atom stereocenters. The Labute approximate surface area is 228 Å². The summed E-state index contributed by atoms with van der Waals surface area (Å²) in [5, 5.41) is -4.18. The molecule has 0 radical (unpaired) electrons. The number of hydrogen-bond acceptors (Lipinski definition) is 3. The van der Waals surface area contributed by atoms with Crippen LogP contribution >= 0.6 is 0 Å². The van der Waals surface area contributed by atoms with E-state index in [2.05, 4.69) is 36.4 Å². The zero-order valence-electron chi connectivity index (χ0n) is 21.0. The fourth-order valence-electron chi connectivity index (χ4n) is 5.85. The zero-order chi connectivity index (χ0) is 29.7. The summed E-state index contributed by atoms with van der Waals surface area (Å²) in [5.41, 5.74) is 1.63. The molecule has 1 heterocycles. The van der Waals surface area contributed by atoms with E-state index in [1.807, 2.05) is 0 Å². The van der Waals surface area contributed by atoms with Crippen LogP contribution in [0.4, 0.5) is 39.5 Å². The summed E-state index contributed by atoms with van der Waals surface area (Å²) in [6, 6.07) is 14.7. The summed E-state index contributed by atoms with van der Waals surface area (Å²) in [6.07, 6.45) is 3.13. The summed E-state index contributed by atoms with van der Waals surface area (Å²) >= 11 is 0.